The molecule has 6 heteroatoms. The molecule has 112 valence electrons. The standard InChI is InChI=1S/C16H11BrCl2N2S/c1-9-15(10-2-4-11(17)5-3-10)21-16(22-9)20-14-7-6-12(18)8-13(14)19/h2-8H,1H3,(H,20,21). The van der Waals surface area contributed by atoms with Gasteiger partial charge < -0.3 is 5.32 Å². The maximum atomic E-state index is 6.19. The second-order valence-corrected chi connectivity index (χ2v) is 7.64. The number of benzene rings is 2. The Balaban J connectivity index is 1.90. The molecule has 2 nitrogen and oxygen atoms in total. The molecule has 0 atom stereocenters. The number of nitrogens with one attached hydrogen (secondary N) is 1. The van der Waals surface area contributed by atoms with Gasteiger partial charge in [-0.25, -0.2) is 4.98 Å². The van der Waals surface area contributed by atoms with E-state index in [2.05, 4.69) is 33.2 Å². The molecule has 3 rings (SSSR count). The highest BCUT2D eigenvalue weighted by atomic mass is 79.9. The van der Waals surface area contributed by atoms with Gasteiger partial charge in [-0.3, -0.25) is 0 Å². The second-order valence-electron chi connectivity index (χ2n) is 4.68. The molecule has 0 unspecified atom stereocenters. The first-order chi connectivity index (χ1) is 10.5. The molecule has 2 aromatic carbocycles. The third-order valence-electron chi connectivity index (χ3n) is 3.09. The second kappa shape index (κ2) is 6.59. The number of aromatic nitrogens is 1. The predicted octanol–water partition coefficient (Wildman–Crippen LogP) is 6.93. The third kappa shape index (κ3) is 3.46. The highest BCUT2D eigenvalue weighted by molar-refractivity contribution is 9.10. The van der Waals surface area contributed by atoms with E-state index < -0.39 is 0 Å². The fourth-order valence-corrected chi connectivity index (χ4v) is 3.60. The largest absolute Gasteiger partial charge is 0.330 e. The van der Waals surface area contributed by atoms with E-state index in [4.69, 9.17) is 23.2 Å². The lowest BCUT2D eigenvalue weighted by Crippen LogP contribution is -1.90. The minimum Gasteiger partial charge on any atom is -0.330 e. The Bertz CT molecular complexity index is 816. The molecule has 0 saturated heterocycles. The van der Waals surface area contributed by atoms with E-state index in [0.717, 1.165) is 31.4 Å². The molecule has 0 saturated carbocycles. The number of thiazole rings is 1. The molecule has 1 aromatic heterocycles. The average Bonchev–Trinajstić information content (AvgIpc) is 2.84. The van der Waals surface area contributed by atoms with E-state index in [0.29, 0.717) is 10.0 Å². The molecule has 3 aromatic rings. The summed E-state index contributed by atoms with van der Waals surface area (Å²) in [7, 11) is 0. The summed E-state index contributed by atoms with van der Waals surface area (Å²) in [5.41, 5.74) is 2.86. The first-order valence-electron chi connectivity index (χ1n) is 6.48. The molecule has 22 heavy (non-hydrogen) atoms. The van der Waals surface area contributed by atoms with Gasteiger partial charge in [-0.15, -0.1) is 11.3 Å². The summed E-state index contributed by atoms with van der Waals surface area (Å²) in [6, 6.07) is 13.5. The van der Waals surface area contributed by atoms with Gasteiger partial charge in [0.15, 0.2) is 5.13 Å². The van der Waals surface area contributed by atoms with Gasteiger partial charge in [0.1, 0.15) is 0 Å². The van der Waals surface area contributed by atoms with Gasteiger partial charge in [0, 0.05) is 19.9 Å². The zero-order chi connectivity index (χ0) is 15.7. The number of aryl methyl sites for hydroxylation is 1. The Kier molecular flexibility index (Phi) is 4.73. The Morgan fingerprint density at radius 3 is 2.50 bits per heavy atom. The van der Waals surface area contributed by atoms with Crippen LogP contribution in [0.3, 0.4) is 0 Å². The van der Waals surface area contributed by atoms with Crippen molar-refractivity contribution in [2.45, 2.75) is 6.92 Å². The van der Waals surface area contributed by atoms with Crippen LogP contribution in [0.2, 0.25) is 10.0 Å². The lowest BCUT2D eigenvalue weighted by Gasteiger charge is -2.05. The number of halogens is 3. The summed E-state index contributed by atoms with van der Waals surface area (Å²) in [6.45, 7) is 2.06. The van der Waals surface area contributed by atoms with Crippen molar-refractivity contribution >= 4 is 61.3 Å². The van der Waals surface area contributed by atoms with Crippen LogP contribution in [0, 0.1) is 6.92 Å². The number of hydrogen-bond donors (Lipinski definition) is 1. The summed E-state index contributed by atoms with van der Waals surface area (Å²) in [6.07, 6.45) is 0. The first kappa shape index (κ1) is 15.8. The van der Waals surface area contributed by atoms with Gasteiger partial charge in [0.2, 0.25) is 0 Å². The maximum absolute atomic E-state index is 6.19. The van der Waals surface area contributed by atoms with Crippen molar-refractivity contribution in [2.24, 2.45) is 0 Å². The van der Waals surface area contributed by atoms with Crippen LogP contribution in [0.15, 0.2) is 46.9 Å². The van der Waals surface area contributed by atoms with Crippen LogP contribution in [0.25, 0.3) is 11.3 Å². The van der Waals surface area contributed by atoms with E-state index in [-0.39, 0.29) is 0 Å². The molecule has 0 aliphatic carbocycles. The number of anilines is 2. The van der Waals surface area contributed by atoms with Gasteiger partial charge in [-0.05, 0) is 37.3 Å². The molecule has 0 aliphatic rings. The summed E-state index contributed by atoms with van der Waals surface area (Å²) in [5, 5.41) is 5.24. The molecule has 0 radical (unpaired) electrons. The van der Waals surface area contributed by atoms with Crippen molar-refractivity contribution in [3.05, 3.63) is 61.9 Å². The fraction of sp³-hybridized carbons (Fsp3) is 0.0625. The molecule has 1 N–H and O–H groups in total. The Morgan fingerprint density at radius 1 is 1.09 bits per heavy atom. The van der Waals surface area contributed by atoms with Gasteiger partial charge >= 0.3 is 0 Å². The normalized spacial score (nSPS) is 10.7. The van der Waals surface area contributed by atoms with Gasteiger partial charge in [-0.1, -0.05) is 51.3 Å². The van der Waals surface area contributed by atoms with Crippen LogP contribution in [-0.2, 0) is 0 Å². The van der Waals surface area contributed by atoms with E-state index in [1.165, 1.54) is 0 Å². The van der Waals surface area contributed by atoms with Crippen LogP contribution in [0.4, 0.5) is 10.8 Å². The Hall–Kier alpha value is -1.07. The van der Waals surface area contributed by atoms with Crippen LogP contribution in [0.5, 0.6) is 0 Å². The zero-order valence-electron chi connectivity index (χ0n) is 11.5. The van der Waals surface area contributed by atoms with Crippen molar-refractivity contribution in [3.63, 3.8) is 0 Å². The van der Waals surface area contributed by atoms with Crippen molar-refractivity contribution in [3.8, 4) is 11.3 Å². The monoisotopic (exact) mass is 412 g/mol. The highest BCUT2D eigenvalue weighted by Crippen LogP contribution is 2.34. The van der Waals surface area contributed by atoms with Crippen molar-refractivity contribution in [1.29, 1.82) is 0 Å². The lowest BCUT2D eigenvalue weighted by molar-refractivity contribution is 1.36. The molecule has 0 fully saturated rings. The van der Waals surface area contributed by atoms with Crippen molar-refractivity contribution < 1.29 is 0 Å². The van der Waals surface area contributed by atoms with E-state index in [1.807, 2.05) is 30.3 Å². The minimum absolute atomic E-state index is 0.575. The zero-order valence-corrected chi connectivity index (χ0v) is 15.4. The van der Waals surface area contributed by atoms with E-state index in [9.17, 15) is 0 Å². The van der Waals surface area contributed by atoms with E-state index in [1.54, 1.807) is 23.5 Å². The third-order valence-corrected chi connectivity index (χ3v) is 5.05. The number of hydrogen-bond acceptors (Lipinski definition) is 3. The first-order valence-corrected chi connectivity index (χ1v) is 8.85. The Morgan fingerprint density at radius 2 is 1.82 bits per heavy atom. The van der Waals surface area contributed by atoms with Crippen LogP contribution < -0.4 is 5.32 Å². The quantitative estimate of drug-likeness (QED) is 0.503. The van der Waals surface area contributed by atoms with E-state index >= 15 is 0 Å². The molecule has 1 heterocycles. The smallest absolute Gasteiger partial charge is 0.188 e. The van der Waals surface area contributed by atoms with Crippen molar-refractivity contribution in [1.82, 2.24) is 4.98 Å². The van der Waals surface area contributed by atoms with Gasteiger partial charge in [0.05, 0.1) is 16.4 Å². The highest BCUT2D eigenvalue weighted by Gasteiger charge is 2.11. The van der Waals surface area contributed by atoms with Crippen LogP contribution in [0.1, 0.15) is 4.88 Å². The molecule has 0 spiro atoms. The molecular weight excluding hydrogens is 403 g/mol. The fourth-order valence-electron chi connectivity index (χ4n) is 2.03. The summed E-state index contributed by atoms with van der Waals surface area (Å²) in [5.74, 6) is 0. The number of rotatable bonds is 3. The molecule has 0 bridgehead atoms. The minimum atomic E-state index is 0.575. The van der Waals surface area contributed by atoms with Crippen LogP contribution in [-0.4, -0.2) is 4.98 Å². The van der Waals surface area contributed by atoms with Crippen LogP contribution >= 0.6 is 50.5 Å². The average molecular weight is 414 g/mol. The lowest BCUT2D eigenvalue weighted by atomic mass is 10.1. The summed E-state index contributed by atoms with van der Waals surface area (Å²) >= 11 is 17.1. The predicted molar refractivity (Wildman–Crippen MR) is 99.7 cm³/mol. The molecule has 0 amide bonds. The Labute approximate surface area is 151 Å². The molecule has 0 aliphatic heterocycles. The van der Waals surface area contributed by atoms with Crippen molar-refractivity contribution in [2.75, 3.05) is 5.32 Å². The molecular formula is C16H11BrCl2N2S. The summed E-state index contributed by atoms with van der Waals surface area (Å²) < 4.78 is 1.05. The topological polar surface area (TPSA) is 24.9 Å². The SMILES string of the molecule is Cc1sc(Nc2ccc(Cl)cc2Cl)nc1-c1ccc(Br)cc1. The van der Waals surface area contributed by atoms with Gasteiger partial charge in [-0.2, -0.15) is 0 Å². The summed E-state index contributed by atoms with van der Waals surface area (Å²) in [4.78, 5) is 5.82. The maximum Gasteiger partial charge on any atom is 0.188 e. The van der Waals surface area contributed by atoms with Gasteiger partial charge in [0.25, 0.3) is 0 Å². The number of nitrogens with zero attached hydrogens (tertiary/aromatic N) is 1.